The summed E-state index contributed by atoms with van der Waals surface area (Å²) in [5.74, 6) is -1.18. The first-order chi connectivity index (χ1) is 8.09. The molecule has 0 amide bonds. The average Bonchev–Trinajstić information content (AvgIpc) is 2.29. The molecule has 92 valence electrons. The number of benzene rings is 1. The molecule has 0 aliphatic carbocycles. The lowest BCUT2D eigenvalue weighted by Gasteiger charge is -2.09. The zero-order chi connectivity index (χ0) is 12.7. The number of carboxylic acid groups (broad SMARTS) is 1. The molecule has 0 spiro atoms. The van der Waals surface area contributed by atoms with Crippen LogP contribution in [0.2, 0.25) is 0 Å². The Labute approximate surface area is 100 Å². The van der Waals surface area contributed by atoms with Crippen molar-refractivity contribution in [2.75, 3.05) is 6.61 Å². The van der Waals surface area contributed by atoms with E-state index in [0.29, 0.717) is 12.0 Å². The predicted octanol–water partition coefficient (Wildman–Crippen LogP) is 2.34. The Bertz CT molecular complexity index is 372. The van der Waals surface area contributed by atoms with Crippen molar-refractivity contribution in [3.8, 4) is 0 Å². The summed E-state index contributed by atoms with van der Waals surface area (Å²) < 4.78 is 5.05. The maximum absolute atomic E-state index is 11.5. The minimum absolute atomic E-state index is 0.0103. The number of aliphatic carboxylic acids is 1. The highest BCUT2D eigenvalue weighted by atomic mass is 16.5. The molecule has 1 N–H and O–H groups in total. The molecule has 0 aliphatic rings. The third-order valence-corrected chi connectivity index (χ3v) is 2.38. The molecule has 4 nitrogen and oxygen atoms in total. The van der Waals surface area contributed by atoms with Crippen LogP contribution in [0.3, 0.4) is 0 Å². The zero-order valence-corrected chi connectivity index (χ0v) is 9.76. The van der Waals surface area contributed by atoms with Gasteiger partial charge in [-0.3, -0.25) is 4.79 Å². The Morgan fingerprint density at radius 1 is 1.29 bits per heavy atom. The van der Waals surface area contributed by atoms with E-state index in [0.717, 1.165) is 0 Å². The van der Waals surface area contributed by atoms with E-state index in [2.05, 4.69) is 0 Å². The third-order valence-electron chi connectivity index (χ3n) is 2.38. The normalized spacial score (nSPS) is 11.8. The van der Waals surface area contributed by atoms with Crippen LogP contribution in [0.25, 0.3) is 0 Å². The Morgan fingerprint density at radius 2 is 1.94 bits per heavy atom. The lowest BCUT2D eigenvalue weighted by Crippen LogP contribution is -2.11. The van der Waals surface area contributed by atoms with Gasteiger partial charge in [0.2, 0.25) is 0 Å². The second kappa shape index (κ2) is 6.68. The van der Waals surface area contributed by atoms with Crippen molar-refractivity contribution >= 4 is 11.9 Å². The Balaban J connectivity index is 2.28. The van der Waals surface area contributed by atoms with Crippen LogP contribution in [-0.4, -0.2) is 23.7 Å². The largest absolute Gasteiger partial charge is 0.481 e. The number of rotatable bonds is 6. The van der Waals surface area contributed by atoms with E-state index in [9.17, 15) is 9.59 Å². The highest BCUT2D eigenvalue weighted by molar-refractivity contribution is 5.89. The molecule has 1 rings (SSSR count). The fourth-order valence-corrected chi connectivity index (χ4v) is 1.41. The van der Waals surface area contributed by atoms with Crippen molar-refractivity contribution < 1.29 is 19.4 Å². The van der Waals surface area contributed by atoms with Crippen LogP contribution in [0.4, 0.5) is 0 Å². The van der Waals surface area contributed by atoms with E-state index in [1.807, 2.05) is 13.0 Å². The van der Waals surface area contributed by atoms with Gasteiger partial charge in [-0.25, -0.2) is 4.79 Å². The summed E-state index contributed by atoms with van der Waals surface area (Å²) >= 11 is 0. The van der Waals surface area contributed by atoms with Crippen LogP contribution < -0.4 is 0 Å². The molecule has 1 unspecified atom stereocenters. The van der Waals surface area contributed by atoms with E-state index in [1.165, 1.54) is 0 Å². The van der Waals surface area contributed by atoms with Crippen molar-refractivity contribution in [1.82, 2.24) is 0 Å². The molecule has 1 atom stereocenters. The summed E-state index contributed by atoms with van der Waals surface area (Å²) in [4.78, 5) is 21.9. The second-order valence-corrected chi connectivity index (χ2v) is 3.99. The first kappa shape index (κ1) is 13.2. The Kier molecular flexibility index (Phi) is 5.20. The van der Waals surface area contributed by atoms with Gasteiger partial charge in [-0.15, -0.1) is 0 Å². The van der Waals surface area contributed by atoms with Crippen LogP contribution in [0.1, 0.15) is 30.1 Å². The standard InChI is InChI=1S/C13H16O4/c1-10(9-12(14)15)7-8-17-13(16)11-5-3-2-4-6-11/h2-6,10H,7-9H2,1H3,(H,14,15). The Morgan fingerprint density at radius 3 is 2.53 bits per heavy atom. The maximum atomic E-state index is 11.5. The van der Waals surface area contributed by atoms with Crippen LogP contribution in [-0.2, 0) is 9.53 Å². The number of carbonyl (C=O) groups is 2. The van der Waals surface area contributed by atoms with Gasteiger partial charge in [0, 0.05) is 6.42 Å². The fraction of sp³-hybridized carbons (Fsp3) is 0.385. The lowest BCUT2D eigenvalue weighted by atomic mass is 10.1. The number of ether oxygens (including phenoxy) is 1. The van der Waals surface area contributed by atoms with Gasteiger partial charge in [0.05, 0.1) is 12.2 Å². The van der Waals surface area contributed by atoms with E-state index >= 15 is 0 Å². The second-order valence-electron chi connectivity index (χ2n) is 3.99. The topological polar surface area (TPSA) is 63.6 Å². The molecule has 0 heterocycles. The molecule has 0 aliphatic heterocycles. The summed E-state index contributed by atoms with van der Waals surface area (Å²) in [6, 6.07) is 8.73. The fourth-order valence-electron chi connectivity index (χ4n) is 1.41. The minimum Gasteiger partial charge on any atom is -0.481 e. The van der Waals surface area contributed by atoms with Gasteiger partial charge in [-0.1, -0.05) is 25.1 Å². The van der Waals surface area contributed by atoms with Crippen molar-refractivity contribution in [3.63, 3.8) is 0 Å². The van der Waals surface area contributed by atoms with Crippen molar-refractivity contribution in [2.24, 2.45) is 5.92 Å². The third kappa shape index (κ3) is 5.15. The summed E-state index contributed by atoms with van der Waals surface area (Å²) in [5.41, 5.74) is 0.512. The summed E-state index contributed by atoms with van der Waals surface area (Å²) in [5, 5.41) is 8.56. The molecule has 0 radical (unpaired) electrons. The number of carboxylic acids is 1. The highest BCUT2D eigenvalue weighted by Gasteiger charge is 2.10. The molecule has 17 heavy (non-hydrogen) atoms. The van der Waals surface area contributed by atoms with Gasteiger partial charge in [0.25, 0.3) is 0 Å². The molecule has 0 saturated carbocycles. The number of esters is 1. The number of carbonyl (C=O) groups excluding carboxylic acids is 1. The maximum Gasteiger partial charge on any atom is 0.338 e. The van der Waals surface area contributed by atoms with Gasteiger partial charge >= 0.3 is 11.9 Å². The molecule has 1 aromatic carbocycles. The summed E-state index contributed by atoms with van der Waals surface area (Å²) in [6.45, 7) is 2.08. The smallest absolute Gasteiger partial charge is 0.338 e. The monoisotopic (exact) mass is 236 g/mol. The van der Waals surface area contributed by atoms with Crippen LogP contribution >= 0.6 is 0 Å². The van der Waals surface area contributed by atoms with E-state index < -0.39 is 5.97 Å². The van der Waals surface area contributed by atoms with Crippen molar-refractivity contribution in [2.45, 2.75) is 19.8 Å². The van der Waals surface area contributed by atoms with E-state index in [4.69, 9.17) is 9.84 Å². The molecular weight excluding hydrogens is 220 g/mol. The average molecular weight is 236 g/mol. The van der Waals surface area contributed by atoms with Gasteiger partial charge in [-0.05, 0) is 24.5 Å². The van der Waals surface area contributed by atoms with E-state index in [1.54, 1.807) is 24.3 Å². The molecule has 0 aromatic heterocycles. The number of hydrogen-bond acceptors (Lipinski definition) is 3. The van der Waals surface area contributed by atoms with Gasteiger partial charge in [-0.2, -0.15) is 0 Å². The lowest BCUT2D eigenvalue weighted by molar-refractivity contribution is -0.138. The molecule has 4 heteroatoms. The van der Waals surface area contributed by atoms with Gasteiger partial charge in [0.15, 0.2) is 0 Å². The van der Waals surface area contributed by atoms with Crippen LogP contribution in [0.15, 0.2) is 30.3 Å². The molecule has 1 aromatic rings. The zero-order valence-electron chi connectivity index (χ0n) is 9.76. The quantitative estimate of drug-likeness (QED) is 0.770. The first-order valence-electron chi connectivity index (χ1n) is 5.53. The van der Waals surface area contributed by atoms with Gasteiger partial charge < -0.3 is 9.84 Å². The molecule has 0 bridgehead atoms. The number of hydrogen-bond donors (Lipinski definition) is 1. The van der Waals surface area contributed by atoms with Crippen molar-refractivity contribution in [3.05, 3.63) is 35.9 Å². The summed E-state index contributed by atoms with van der Waals surface area (Å²) in [6.07, 6.45) is 0.660. The van der Waals surface area contributed by atoms with E-state index in [-0.39, 0.29) is 24.9 Å². The van der Waals surface area contributed by atoms with Crippen LogP contribution in [0, 0.1) is 5.92 Å². The highest BCUT2D eigenvalue weighted by Crippen LogP contribution is 2.08. The first-order valence-corrected chi connectivity index (χ1v) is 5.53. The molecular formula is C13H16O4. The van der Waals surface area contributed by atoms with Crippen LogP contribution in [0.5, 0.6) is 0 Å². The summed E-state index contributed by atoms with van der Waals surface area (Å²) in [7, 11) is 0. The molecule has 0 fully saturated rings. The minimum atomic E-state index is -0.827. The van der Waals surface area contributed by atoms with Gasteiger partial charge in [0.1, 0.15) is 0 Å². The predicted molar refractivity (Wildman–Crippen MR) is 62.8 cm³/mol. The Hall–Kier alpha value is -1.84. The SMILES string of the molecule is CC(CCOC(=O)c1ccccc1)CC(=O)O. The van der Waals surface area contributed by atoms with Crippen molar-refractivity contribution in [1.29, 1.82) is 0 Å². The molecule has 0 saturated heterocycles.